The van der Waals surface area contributed by atoms with Crippen LogP contribution in [0.4, 0.5) is 5.69 Å². The molecule has 0 saturated carbocycles. The molecule has 0 radical (unpaired) electrons. The molecule has 0 spiro atoms. The number of rotatable bonds is 4. The lowest BCUT2D eigenvalue weighted by Gasteiger charge is -2.47. The number of nitrogens with zero attached hydrogens (tertiary/aromatic N) is 4. The van der Waals surface area contributed by atoms with Crippen molar-refractivity contribution in [2.45, 2.75) is 17.9 Å². The number of fused-ring (bicyclic) bond motifs is 2. The Kier molecular flexibility index (Phi) is 5.79. The summed E-state index contributed by atoms with van der Waals surface area (Å²) in [5, 5.41) is 6.86. The average Bonchev–Trinajstić information content (AvgIpc) is 3.33. The summed E-state index contributed by atoms with van der Waals surface area (Å²) >= 11 is 6.09. The van der Waals surface area contributed by atoms with Crippen molar-refractivity contribution in [2.24, 2.45) is 0 Å². The summed E-state index contributed by atoms with van der Waals surface area (Å²) in [5.41, 5.74) is 2.08. The van der Waals surface area contributed by atoms with Gasteiger partial charge in [0.05, 0.1) is 11.7 Å². The first-order chi connectivity index (χ1) is 17.1. The number of carbonyl (C=O) groups excluding carboxylic acids is 1. The lowest BCUT2D eigenvalue weighted by Crippen LogP contribution is -2.67. The number of aromatic nitrogens is 3. The zero-order valence-corrected chi connectivity index (χ0v) is 19.5. The molecule has 3 aromatic rings. The van der Waals surface area contributed by atoms with Crippen molar-refractivity contribution in [3.63, 3.8) is 0 Å². The number of benzene rings is 1. The molecule has 2 aliphatic heterocycles. The van der Waals surface area contributed by atoms with E-state index in [0.29, 0.717) is 29.6 Å². The van der Waals surface area contributed by atoms with E-state index in [-0.39, 0.29) is 12.7 Å². The Labute approximate surface area is 206 Å². The first kappa shape index (κ1) is 22.3. The molecule has 1 aromatic carbocycles. The van der Waals surface area contributed by atoms with Crippen LogP contribution in [0.1, 0.15) is 5.82 Å². The number of carbonyl (C=O) groups is 1. The number of pyridine rings is 1. The van der Waals surface area contributed by atoms with Crippen molar-refractivity contribution >= 4 is 39.8 Å². The first-order valence-electron chi connectivity index (χ1n) is 11.4. The number of anilines is 1. The molecule has 1 amide bonds. The number of hydrogen-bond donors (Lipinski definition) is 2. The predicted octanol–water partition coefficient (Wildman–Crippen LogP) is 2.61. The molecule has 35 heavy (non-hydrogen) atoms. The van der Waals surface area contributed by atoms with Crippen LogP contribution in [0, 0.1) is 0 Å². The molecule has 2 saturated heterocycles. The number of nitrogens with one attached hydrogen (secondary N) is 2. The van der Waals surface area contributed by atoms with Gasteiger partial charge in [-0.1, -0.05) is 23.7 Å². The summed E-state index contributed by atoms with van der Waals surface area (Å²) < 4.78 is 12.2. The molecule has 6 rings (SSSR count). The Morgan fingerprint density at radius 2 is 2.17 bits per heavy atom. The van der Waals surface area contributed by atoms with Gasteiger partial charge in [-0.2, -0.15) is 0 Å². The van der Waals surface area contributed by atoms with Gasteiger partial charge in [0.25, 0.3) is 0 Å². The maximum atomic E-state index is 13.3. The van der Waals surface area contributed by atoms with Crippen LogP contribution in [0.2, 0.25) is 5.02 Å². The van der Waals surface area contributed by atoms with E-state index in [2.05, 4.69) is 30.5 Å². The Bertz CT molecular complexity index is 1350. The quantitative estimate of drug-likeness (QED) is 0.575. The monoisotopic (exact) mass is 490 g/mol. The molecular weight excluding hydrogens is 468 g/mol. The molecule has 4 heterocycles. The van der Waals surface area contributed by atoms with Gasteiger partial charge in [0.1, 0.15) is 17.7 Å². The van der Waals surface area contributed by atoms with Crippen LogP contribution >= 0.6 is 11.6 Å². The second-order valence-corrected chi connectivity index (χ2v) is 9.01. The average molecular weight is 491 g/mol. The van der Waals surface area contributed by atoms with E-state index in [4.69, 9.17) is 21.1 Å². The number of amides is 1. The van der Waals surface area contributed by atoms with Crippen LogP contribution in [-0.2, 0) is 14.3 Å². The van der Waals surface area contributed by atoms with Crippen molar-refractivity contribution in [2.75, 3.05) is 31.7 Å². The van der Waals surface area contributed by atoms with E-state index in [1.54, 1.807) is 30.6 Å². The van der Waals surface area contributed by atoms with Crippen LogP contribution in [0.25, 0.3) is 16.6 Å². The van der Waals surface area contributed by atoms with Gasteiger partial charge < -0.3 is 20.1 Å². The first-order valence-corrected chi connectivity index (χ1v) is 11.8. The third-order valence-corrected chi connectivity index (χ3v) is 6.71. The van der Waals surface area contributed by atoms with E-state index < -0.39 is 17.9 Å². The topological polar surface area (TPSA) is 102 Å². The smallest absolute Gasteiger partial charge is 0.243 e. The molecule has 3 atom stereocenters. The highest BCUT2D eigenvalue weighted by atomic mass is 35.5. The largest absolute Gasteiger partial charge is 0.343 e. The second-order valence-electron chi connectivity index (χ2n) is 8.57. The third-order valence-electron chi connectivity index (χ3n) is 6.48. The molecule has 178 valence electrons. The molecule has 0 bridgehead atoms. The van der Waals surface area contributed by atoms with E-state index in [1.807, 2.05) is 36.4 Å². The minimum Gasteiger partial charge on any atom is -0.343 e. The standard InChI is InChI=1S/C25H23ClN6O3/c26-17-3-1-4-18(12-17)30-24(33)21-14-27-9-10-32(21)25-7-6-16(11-22(25)34-15-35-25)23-29-13-20-19(31-23)5-2-8-28-20/h1-8,11-13,21-22,27H,9-10,14-15H2,(H,30,33). The SMILES string of the molecule is O=C(Nc1cccc(Cl)c1)C1CNCCN1C12C=CC(c3ncc4ncccc4n3)=CC1OCO2. The lowest BCUT2D eigenvalue weighted by molar-refractivity contribution is -0.141. The molecule has 2 fully saturated rings. The maximum absolute atomic E-state index is 13.3. The van der Waals surface area contributed by atoms with Gasteiger partial charge in [-0.15, -0.1) is 0 Å². The Hall–Kier alpha value is -3.21. The molecule has 3 aliphatic rings. The fraction of sp³-hybridized carbons (Fsp3) is 0.280. The molecule has 9 nitrogen and oxygen atoms in total. The molecule has 2 N–H and O–H groups in total. The number of hydrogen-bond acceptors (Lipinski definition) is 8. The maximum Gasteiger partial charge on any atom is 0.243 e. The molecule has 3 unspecified atom stereocenters. The van der Waals surface area contributed by atoms with Crippen molar-refractivity contribution in [1.82, 2.24) is 25.2 Å². The highest BCUT2D eigenvalue weighted by molar-refractivity contribution is 6.30. The third kappa shape index (κ3) is 4.11. The fourth-order valence-corrected chi connectivity index (χ4v) is 4.98. The number of piperazine rings is 1. The zero-order valence-electron chi connectivity index (χ0n) is 18.7. The summed E-state index contributed by atoms with van der Waals surface area (Å²) in [4.78, 5) is 28.8. The Morgan fingerprint density at radius 3 is 3.09 bits per heavy atom. The van der Waals surface area contributed by atoms with Crippen LogP contribution in [0.5, 0.6) is 0 Å². The van der Waals surface area contributed by atoms with Gasteiger partial charge in [0.2, 0.25) is 5.91 Å². The van der Waals surface area contributed by atoms with E-state index in [0.717, 1.165) is 23.2 Å². The minimum atomic E-state index is -0.902. The van der Waals surface area contributed by atoms with Crippen molar-refractivity contribution in [1.29, 1.82) is 0 Å². The van der Waals surface area contributed by atoms with Crippen LogP contribution < -0.4 is 10.6 Å². The highest BCUT2D eigenvalue weighted by Crippen LogP contribution is 2.39. The summed E-state index contributed by atoms with van der Waals surface area (Å²) in [6, 6.07) is 10.4. The van der Waals surface area contributed by atoms with Gasteiger partial charge in [-0.25, -0.2) is 9.97 Å². The van der Waals surface area contributed by atoms with Gasteiger partial charge in [0.15, 0.2) is 18.3 Å². The molecular formula is C25H23ClN6O3. The summed E-state index contributed by atoms with van der Waals surface area (Å²) in [5.74, 6) is 0.443. The van der Waals surface area contributed by atoms with Gasteiger partial charge >= 0.3 is 0 Å². The fourth-order valence-electron chi connectivity index (χ4n) is 4.79. The molecule has 10 heteroatoms. The minimum absolute atomic E-state index is 0.119. The highest BCUT2D eigenvalue weighted by Gasteiger charge is 2.53. The summed E-state index contributed by atoms with van der Waals surface area (Å²) in [6.07, 6.45) is 8.88. The number of halogens is 1. The molecule has 1 aliphatic carbocycles. The molecule has 2 aromatic heterocycles. The summed E-state index contributed by atoms with van der Waals surface area (Å²) in [7, 11) is 0. The van der Waals surface area contributed by atoms with Crippen molar-refractivity contribution in [3.8, 4) is 0 Å². The van der Waals surface area contributed by atoms with Gasteiger partial charge in [-0.3, -0.25) is 14.7 Å². The number of ether oxygens (including phenoxy) is 2. The van der Waals surface area contributed by atoms with Gasteiger partial charge in [-0.05, 0) is 42.5 Å². The normalized spacial score (nSPS) is 26.4. The number of allylic oxidation sites excluding steroid dienone is 2. The zero-order chi connectivity index (χ0) is 23.8. The summed E-state index contributed by atoms with van der Waals surface area (Å²) in [6.45, 7) is 1.94. The van der Waals surface area contributed by atoms with Crippen molar-refractivity contribution < 1.29 is 14.3 Å². The Morgan fingerprint density at radius 1 is 1.23 bits per heavy atom. The second kappa shape index (κ2) is 9.10. The lowest BCUT2D eigenvalue weighted by atomic mass is 9.92. The van der Waals surface area contributed by atoms with E-state index >= 15 is 0 Å². The van der Waals surface area contributed by atoms with Crippen LogP contribution in [-0.4, -0.2) is 70.1 Å². The van der Waals surface area contributed by atoms with Gasteiger partial charge in [0, 0.05) is 42.1 Å². The van der Waals surface area contributed by atoms with Crippen LogP contribution in [0.3, 0.4) is 0 Å². The van der Waals surface area contributed by atoms with E-state index in [1.165, 1.54) is 0 Å². The predicted molar refractivity (Wildman–Crippen MR) is 131 cm³/mol. The van der Waals surface area contributed by atoms with Crippen LogP contribution in [0.15, 0.2) is 67.0 Å². The Balaban J connectivity index is 1.28. The van der Waals surface area contributed by atoms with Crippen molar-refractivity contribution in [3.05, 3.63) is 77.9 Å². The van der Waals surface area contributed by atoms with E-state index in [9.17, 15) is 4.79 Å².